The van der Waals surface area contributed by atoms with E-state index in [1.54, 1.807) is 18.5 Å². The average Bonchev–Trinajstić information content (AvgIpc) is 2.50. The highest BCUT2D eigenvalue weighted by Gasteiger charge is 2.04. The van der Waals surface area contributed by atoms with Gasteiger partial charge in [0.1, 0.15) is 0 Å². The molecule has 1 heterocycles. The standard InChI is InChI=1S/C15H14Cl2N2OS/c16-13-2-1-12(7-14(13)17)9-21-10-15(20)19-8-11-3-5-18-6-4-11/h1-7H,8-10H2,(H,19,20). The molecule has 0 radical (unpaired) electrons. The number of benzene rings is 1. The Hall–Kier alpha value is -1.23. The van der Waals surface area contributed by atoms with Crippen molar-refractivity contribution in [1.29, 1.82) is 0 Å². The van der Waals surface area contributed by atoms with Gasteiger partial charge in [-0.2, -0.15) is 0 Å². The molecule has 0 aliphatic carbocycles. The summed E-state index contributed by atoms with van der Waals surface area (Å²) >= 11 is 13.3. The van der Waals surface area contributed by atoms with Crippen LogP contribution in [0.15, 0.2) is 42.7 Å². The highest BCUT2D eigenvalue weighted by molar-refractivity contribution is 7.99. The van der Waals surface area contributed by atoms with Crippen LogP contribution in [0.5, 0.6) is 0 Å². The predicted octanol–water partition coefficient (Wildman–Crippen LogP) is 3.94. The molecule has 0 atom stereocenters. The number of pyridine rings is 1. The highest BCUT2D eigenvalue weighted by atomic mass is 35.5. The number of thioether (sulfide) groups is 1. The van der Waals surface area contributed by atoms with Crippen molar-refractivity contribution in [2.75, 3.05) is 5.75 Å². The lowest BCUT2D eigenvalue weighted by Gasteiger charge is -2.06. The molecule has 0 unspecified atom stereocenters. The molecule has 0 aliphatic rings. The van der Waals surface area contributed by atoms with Gasteiger partial charge in [-0.15, -0.1) is 11.8 Å². The first-order valence-electron chi connectivity index (χ1n) is 6.32. The molecule has 1 amide bonds. The fraction of sp³-hybridized carbons (Fsp3) is 0.200. The fourth-order valence-corrected chi connectivity index (χ4v) is 2.77. The Labute approximate surface area is 138 Å². The summed E-state index contributed by atoms with van der Waals surface area (Å²) in [5, 5.41) is 3.95. The van der Waals surface area contributed by atoms with Crippen LogP contribution in [0.3, 0.4) is 0 Å². The summed E-state index contributed by atoms with van der Waals surface area (Å²) in [4.78, 5) is 15.7. The van der Waals surface area contributed by atoms with Crippen LogP contribution in [0.25, 0.3) is 0 Å². The molecular weight excluding hydrogens is 327 g/mol. The van der Waals surface area contributed by atoms with Gasteiger partial charge in [0, 0.05) is 24.7 Å². The SMILES string of the molecule is O=C(CSCc1ccc(Cl)c(Cl)c1)NCc1ccncc1. The van der Waals surface area contributed by atoms with Gasteiger partial charge in [0.05, 0.1) is 15.8 Å². The maximum Gasteiger partial charge on any atom is 0.230 e. The normalized spacial score (nSPS) is 10.4. The predicted molar refractivity (Wildman–Crippen MR) is 88.7 cm³/mol. The lowest BCUT2D eigenvalue weighted by molar-refractivity contribution is -0.118. The summed E-state index contributed by atoms with van der Waals surface area (Å²) in [7, 11) is 0. The minimum atomic E-state index is 0.0110. The minimum absolute atomic E-state index is 0.0110. The van der Waals surface area contributed by atoms with Crippen molar-refractivity contribution in [3.63, 3.8) is 0 Å². The van der Waals surface area contributed by atoms with Crippen molar-refractivity contribution in [2.45, 2.75) is 12.3 Å². The van der Waals surface area contributed by atoms with Crippen LogP contribution in [0.1, 0.15) is 11.1 Å². The van der Waals surface area contributed by atoms with E-state index in [2.05, 4.69) is 10.3 Å². The first-order chi connectivity index (χ1) is 10.1. The summed E-state index contributed by atoms with van der Waals surface area (Å²) in [6, 6.07) is 9.26. The van der Waals surface area contributed by atoms with Gasteiger partial charge in [-0.05, 0) is 35.4 Å². The van der Waals surface area contributed by atoms with E-state index in [1.165, 1.54) is 11.8 Å². The molecule has 0 saturated carbocycles. The number of nitrogens with one attached hydrogen (secondary N) is 1. The molecule has 0 fully saturated rings. The van der Waals surface area contributed by atoms with Gasteiger partial charge in [0.15, 0.2) is 0 Å². The Kier molecular flexibility index (Phi) is 6.36. The Bertz CT molecular complexity index is 608. The van der Waals surface area contributed by atoms with Crippen molar-refractivity contribution in [3.8, 4) is 0 Å². The van der Waals surface area contributed by atoms with E-state index in [-0.39, 0.29) is 5.91 Å². The van der Waals surface area contributed by atoms with Crippen LogP contribution in [0.2, 0.25) is 10.0 Å². The van der Waals surface area contributed by atoms with Crippen molar-refractivity contribution in [2.24, 2.45) is 0 Å². The zero-order valence-electron chi connectivity index (χ0n) is 11.2. The minimum Gasteiger partial charge on any atom is -0.351 e. The van der Waals surface area contributed by atoms with Gasteiger partial charge in [-0.3, -0.25) is 9.78 Å². The molecule has 0 spiro atoms. The second-order valence-electron chi connectivity index (χ2n) is 4.37. The molecule has 1 N–H and O–H groups in total. The third-order valence-corrected chi connectivity index (χ3v) is 4.47. The zero-order chi connectivity index (χ0) is 15.1. The van der Waals surface area contributed by atoms with Crippen molar-refractivity contribution in [3.05, 3.63) is 63.9 Å². The van der Waals surface area contributed by atoms with Crippen LogP contribution in [0, 0.1) is 0 Å². The van der Waals surface area contributed by atoms with E-state index in [0.29, 0.717) is 22.3 Å². The number of rotatable bonds is 6. The summed E-state index contributed by atoms with van der Waals surface area (Å²) in [5.74, 6) is 1.14. The molecular formula is C15H14Cl2N2OS. The van der Waals surface area contributed by atoms with Crippen LogP contribution >= 0.6 is 35.0 Å². The second-order valence-corrected chi connectivity index (χ2v) is 6.17. The summed E-state index contributed by atoms with van der Waals surface area (Å²) in [6.07, 6.45) is 3.42. The lowest BCUT2D eigenvalue weighted by atomic mass is 10.2. The van der Waals surface area contributed by atoms with Crippen LogP contribution in [-0.2, 0) is 17.1 Å². The van der Waals surface area contributed by atoms with Crippen LogP contribution < -0.4 is 5.32 Å². The third kappa shape index (κ3) is 5.58. The number of hydrogen-bond donors (Lipinski definition) is 1. The van der Waals surface area contributed by atoms with Crippen LogP contribution in [0.4, 0.5) is 0 Å². The second kappa shape index (κ2) is 8.27. The van der Waals surface area contributed by atoms with Gasteiger partial charge < -0.3 is 5.32 Å². The van der Waals surface area contributed by atoms with E-state index in [4.69, 9.17) is 23.2 Å². The van der Waals surface area contributed by atoms with Gasteiger partial charge in [-0.1, -0.05) is 29.3 Å². The maximum absolute atomic E-state index is 11.7. The molecule has 110 valence electrons. The van der Waals surface area contributed by atoms with Crippen LogP contribution in [-0.4, -0.2) is 16.6 Å². The maximum atomic E-state index is 11.7. The fourth-order valence-electron chi connectivity index (χ4n) is 1.64. The first-order valence-corrected chi connectivity index (χ1v) is 8.23. The van der Waals surface area contributed by atoms with Gasteiger partial charge in [-0.25, -0.2) is 0 Å². The lowest BCUT2D eigenvalue weighted by Crippen LogP contribution is -2.24. The molecule has 0 aliphatic heterocycles. The van der Waals surface area contributed by atoms with Gasteiger partial charge in [0.25, 0.3) is 0 Å². The Balaban J connectivity index is 1.70. The molecule has 3 nitrogen and oxygen atoms in total. The highest BCUT2D eigenvalue weighted by Crippen LogP contribution is 2.24. The van der Waals surface area contributed by atoms with E-state index < -0.39 is 0 Å². The summed E-state index contributed by atoms with van der Waals surface area (Å²) in [6.45, 7) is 0.523. The average molecular weight is 341 g/mol. The number of nitrogens with zero attached hydrogens (tertiary/aromatic N) is 1. The number of hydrogen-bond acceptors (Lipinski definition) is 3. The Morgan fingerprint density at radius 2 is 1.86 bits per heavy atom. The van der Waals surface area contributed by atoms with E-state index in [0.717, 1.165) is 16.9 Å². The third-order valence-electron chi connectivity index (χ3n) is 2.72. The molecule has 6 heteroatoms. The largest absolute Gasteiger partial charge is 0.351 e. The smallest absolute Gasteiger partial charge is 0.230 e. The Morgan fingerprint density at radius 1 is 1.10 bits per heavy atom. The van der Waals surface area contributed by atoms with E-state index in [9.17, 15) is 4.79 Å². The molecule has 0 bridgehead atoms. The van der Waals surface area contributed by atoms with Gasteiger partial charge >= 0.3 is 0 Å². The number of carbonyl (C=O) groups excluding carboxylic acids is 1. The van der Waals surface area contributed by atoms with E-state index >= 15 is 0 Å². The molecule has 0 saturated heterocycles. The van der Waals surface area contributed by atoms with Crippen molar-refractivity contribution >= 4 is 40.9 Å². The monoisotopic (exact) mass is 340 g/mol. The Morgan fingerprint density at radius 3 is 2.57 bits per heavy atom. The zero-order valence-corrected chi connectivity index (χ0v) is 13.5. The summed E-state index contributed by atoms with van der Waals surface area (Å²) in [5.41, 5.74) is 2.09. The molecule has 21 heavy (non-hydrogen) atoms. The topological polar surface area (TPSA) is 42.0 Å². The van der Waals surface area contributed by atoms with Gasteiger partial charge in [0.2, 0.25) is 5.91 Å². The molecule has 1 aromatic heterocycles. The number of amides is 1. The first kappa shape index (κ1) is 16.1. The van der Waals surface area contributed by atoms with Crippen molar-refractivity contribution in [1.82, 2.24) is 10.3 Å². The molecule has 2 aromatic rings. The summed E-state index contributed by atoms with van der Waals surface area (Å²) < 4.78 is 0. The quantitative estimate of drug-likeness (QED) is 0.865. The molecule has 1 aromatic carbocycles. The molecule has 2 rings (SSSR count). The van der Waals surface area contributed by atoms with E-state index in [1.807, 2.05) is 24.3 Å². The number of carbonyl (C=O) groups is 1. The number of aromatic nitrogens is 1. The number of halogens is 2. The van der Waals surface area contributed by atoms with Crippen molar-refractivity contribution < 1.29 is 4.79 Å².